The van der Waals surface area contributed by atoms with E-state index < -0.39 is 0 Å². The van der Waals surface area contributed by atoms with Crippen LogP contribution in [-0.4, -0.2) is 7.05 Å². The Morgan fingerprint density at radius 3 is 1.94 bits per heavy atom. The summed E-state index contributed by atoms with van der Waals surface area (Å²) >= 11 is 0. The highest BCUT2D eigenvalue weighted by atomic mass is 15.1. The van der Waals surface area contributed by atoms with E-state index in [-0.39, 0.29) is 0 Å². The Balaban J connectivity index is 0. The summed E-state index contributed by atoms with van der Waals surface area (Å²) in [5.74, 6) is 0. The third-order valence-corrected chi connectivity index (χ3v) is 2.20. The van der Waals surface area contributed by atoms with Gasteiger partial charge in [-0.1, -0.05) is 58.0 Å². The number of rotatable bonds is 3. The largest absolute Gasteiger partial charge is 0.348 e. The average molecular weight is 247 g/mol. The van der Waals surface area contributed by atoms with Crippen LogP contribution in [0.2, 0.25) is 0 Å². The molecule has 0 amide bonds. The lowest BCUT2D eigenvalue weighted by Gasteiger charge is -2.19. The summed E-state index contributed by atoms with van der Waals surface area (Å²) in [7, 11) is 2.07. The first-order valence-corrected chi connectivity index (χ1v) is 6.84. The van der Waals surface area contributed by atoms with Crippen molar-refractivity contribution in [2.75, 3.05) is 11.9 Å². The van der Waals surface area contributed by atoms with Crippen LogP contribution in [0.3, 0.4) is 0 Å². The van der Waals surface area contributed by atoms with Crippen molar-refractivity contribution in [2.45, 2.75) is 41.5 Å². The fourth-order valence-electron chi connectivity index (χ4n) is 1.20. The quantitative estimate of drug-likeness (QED) is 0.623. The molecule has 0 saturated heterocycles. The predicted octanol–water partition coefficient (Wildman–Crippen LogP) is 5.66. The third kappa shape index (κ3) is 7.72. The van der Waals surface area contributed by atoms with Crippen LogP contribution in [0, 0.1) is 0 Å². The number of benzene rings is 1. The predicted molar refractivity (Wildman–Crippen MR) is 86.1 cm³/mol. The Kier molecular flexibility index (Phi) is 14.2. The second-order valence-corrected chi connectivity index (χ2v) is 3.23. The number of hydrogen-bond donors (Lipinski definition) is 0. The van der Waals surface area contributed by atoms with Gasteiger partial charge in [0.25, 0.3) is 0 Å². The Morgan fingerprint density at radius 1 is 1.00 bits per heavy atom. The molecule has 18 heavy (non-hydrogen) atoms. The maximum absolute atomic E-state index is 2.17. The van der Waals surface area contributed by atoms with E-state index in [1.165, 1.54) is 11.4 Å². The second kappa shape index (κ2) is 13.6. The van der Waals surface area contributed by atoms with Gasteiger partial charge in [-0.2, -0.15) is 0 Å². The zero-order chi connectivity index (χ0) is 14.4. The van der Waals surface area contributed by atoms with E-state index in [1.54, 1.807) is 0 Å². The van der Waals surface area contributed by atoms with Crippen molar-refractivity contribution in [1.82, 2.24) is 0 Å². The van der Waals surface area contributed by atoms with Crippen LogP contribution >= 0.6 is 0 Å². The molecule has 0 N–H and O–H groups in total. The summed E-state index contributed by atoms with van der Waals surface area (Å²) in [6, 6.07) is 10.3. The minimum absolute atomic E-state index is 1.21. The van der Waals surface area contributed by atoms with Crippen LogP contribution in [-0.2, 0) is 0 Å². The maximum atomic E-state index is 2.17. The average Bonchev–Trinajstić information content (AvgIpc) is 2.49. The standard InChI is InChI=1S/C13H17N.2C2H6/c1-4-5-9-12(2)14(3)13-10-7-6-8-11-13;2*1-2/h4-11H,1-3H3;2*1-2H3/b5-4-,12-9+;;. The van der Waals surface area contributed by atoms with E-state index in [0.717, 1.165) is 0 Å². The fraction of sp³-hybridized carbons (Fsp3) is 0.412. The van der Waals surface area contributed by atoms with Crippen LogP contribution in [0.4, 0.5) is 5.69 Å². The monoisotopic (exact) mass is 247 g/mol. The summed E-state index contributed by atoms with van der Waals surface area (Å²) in [6.07, 6.45) is 6.18. The van der Waals surface area contributed by atoms with E-state index in [9.17, 15) is 0 Å². The first kappa shape index (κ1) is 18.9. The Bertz CT molecular complexity index is 323. The molecule has 0 fully saturated rings. The topological polar surface area (TPSA) is 3.24 Å². The number of nitrogens with zero attached hydrogens (tertiary/aromatic N) is 1. The molecule has 0 heterocycles. The molecule has 1 aromatic rings. The molecular weight excluding hydrogens is 218 g/mol. The van der Waals surface area contributed by atoms with Crippen molar-refractivity contribution < 1.29 is 0 Å². The molecule has 102 valence electrons. The van der Waals surface area contributed by atoms with Gasteiger partial charge in [0.1, 0.15) is 0 Å². The van der Waals surface area contributed by atoms with E-state index >= 15 is 0 Å². The molecule has 0 saturated carbocycles. The van der Waals surface area contributed by atoms with Gasteiger partial charge in [-0.15, -0.1) is 0 Å². The SMILES string of the molecule is C/C=C\C=C(/C)N(C)c1ccccc1.CC.CC. The van der Waals surface area contributed by atoms with Crippen LogP contribution in [0.25, 0.3) is 0 Å². The van der Waals surface area contributed by atoms with E-state index in [0.29, 0.717) is 0 Å². The number of hydrogen-bond acceptors (Lipinski definition) is 1. The molecule has 1 aromatic carbocycles. The molecule has 0 aromatic heterocycles. The van der Waals surface area contributed by atoms with Gasteiger partial charge in [0.2, 0.25) is 0 Å². The van der Waals surface area contributed by atoms with Crippen LogP contribution < -0.4 is 4.90 Å². The summed E-state index contributed by atoms with van der Waals surface area (Å²) in [6.45, 7) is 12.1. The Labute approximate surface area is 114 Å². The molecule has 0 radical (unpaired) electrons. The molecule has 0 bridgehead atoms. The van der Waals surface area contributed by atoms with Crippen molar-refractivity contribution in [1.29, 1.82) is 0 Å². The maximum Gasteiger partial charge on any atom is 0.0405 e. The van der Waals surface area contributed by atoms with E-state index in [1.807, 2.05) is 46.8 Å². The minimum Gasteiger partial charge on any atom is -0.348 e. The molecule has 0 aliphatic carbocycles. The van der Waals surface area contributed by atoms with Crippen LogP contribution in [0.1, 0.15) is 41.5 Å². The molecule has 1 rings (SSSR count). The summed E-state index contributed by atoms with van der Waals surface area (Å²) in [5, 5.41) is 0. The highest BCUT2D eigenvalue weighted by molar-refractivity contribution is 5.50. The number of allylic oxidation sites excluding steroid dienone is 4. The van der Waals surface area contributed by atoms with Crippen molar-refractivity contribution in [2.24, 2.45) is 0 Å². The fourth-order valence-corrected chi connectivity index (χ4v) is 1.20. The lowest BCUT2D eigenvalue weighted by atomic mass is 10.2. The van der Waals surface area contributed by atoms with Crippen molar-refractivity contribution in [3.8, 4) is 0 Å². The summed E-state index contributed by atoms with van der Waals surface area (Å²) < 4.78 is 0. The second-order valence-electron chi connectivity index (χ2n) is 3.23. The van der Waals surface area contributed by atoms with E-state index in [2.05, 4.69) is 55.3 Å². The lowest BCUT2D eigenvalue weighted by Crippen LogP contribution is -2.13. The summed E-state index contributed by atoms with van der Waals surface area (Å²) in [5.41, 5.74) is 2.44. The van der Waals surface area contributed by atoms with Crippen molar-refractivity contribution >= 4 is 5.69 Å². The smallest absolute Gasteiger partial charge is 0.0405 e. The molecule has 0 atom stereocenters. The van der Waals surface area contributed by atoms with Gasteiger partial charge in [-0.05, 0) is 32.1 Å². The zero-order valence-electron chi connectivity index (χ0n) is 13.1. The van der Waals surface area contributed by atoms with Gasteiger partial charge >= 0.3 is 0 Å². The molecule has 1 nitrogen and oxygen atoms in total. The van der Waals surface area contributed by atoms with Gasteiger partial charge < -0.3 is 4.90 Å². The van der Waals surface area contributed by atoms with Gasteiger partial charge in [0.15, 0.2) is 0 Å². The molecule has 0 aliphatic rings. The van der Waals surface area contributed by atoms with Gasteiger partial charge in [-0.25, -0.2) is 0 Å². The van der Waals surface area contributed by atoms with Crippen LogP contribution in [0.15, 0.2) is 54.3 Å². The van der Waals surface area contributed by atoms with Crippen LogP contribution in [0.5, 0.6) is 0 Å². The lowest BCUT2D eigenvalue weighted by molar-refractivity contribution is 1.09. The van der Waals surface area contributed by atoms with Crippen molar-refractivity contribution in [3.63, 3.8) is 0 Å². The van der Waals surface area contributed by atoms with Gasteiger partial charge in [0.05, 0.1) is 0 Å². The highest BCUT2D eigenvalue weighted by Crippen LogP contribution is 2.15. The highest BCUT2D eigenvalue weighted by Gasteiger charge is 1.99. The number of anilines is 1. The normalized spacial score (nSPS) is 10.1. The number of para-hydroxylation sites is 1. The van der Waals surface area contributed by atoms with E-state index in [4.69, 9.17) is 0 Å². The van der Waals surface area contributed by atoms with Gasteiger partial charge in [0, 0.05) is 18.4 Å². The molecule has 0 spiro atoms. The summed E-state index contributed by atoms with van der Waals surface area (Å²) in [4.78, 5) is 2.17. The minimum atomic E-state index is 1.21. The molecule has 0 unspecified atom stereocenters. The first-order chi connectivity index (χ1) is 8.75. The van der Waals surface area contributed by atoms with Crippen molar-refractivity contribution in [3.05, 3.63) is 54.3 Å². The Hall–Kier alpha value is -1.50. The third-order valence-electron chi connectivity index (χ3n) is 2.20. The molecule has 1 heteroatoms. The zero-order valence-corrected chi connectivity index (χ0v) is 13.1. The molecular formula is C17H29N. The Morgan fingerprint density at radius 2 is 1.50 bits per heavy atom. The first-order valence-electron chi connectivity index (χ1n) is 6.84. The van der Waals surface area contributed by atoms with Gasteiger partial charge in [-0.3, -0.25) is 0 Å². The molecule has 0 aliphatic heterocycles.